The lowest BCUT2D eigenvalue weighted by atomic mass is 9.78. The van der Waals surface area contributed by atoms with Crippen LogP contribution in [0, 0.1) is 0 Å². The van der Waals surface area contributed by atoms with Crippen molar-refractivity contribution in [2.45, 2.75) is 32.2 Å². The summed E-state index contributed by atoms with van der Waals surface area (Å²) in [6.45, 7) is 7.17. The zero-order valence-electron chi connectivity index (χ0n) is 10.6. The highest BCUT2D eigenvalue weighted by Crippen LogP contribution is 2.32. The van der Waals surface area contributed by atoms with E-state index in [1.807, 2.05) is 0 Å². The molecule has 0 aromatic heterocycles. The number of rotatable bonds is 3. The average Bonchev–Trinajstić information content (AvgIpc) is 2.25. The largest absolute Gasteiger partial charge is 0.370 e. The highest BCUT2D eigenvalue weighted by Gasteiger charge is 2.30. The Bertz CT molecular complexity index is 426. The van der Waals surface area contributed by atoms with Gasteiger partial charge in [-0.1, -0.05) is 38.1 Å². The molecule has 0 saturated carbocycles. The van der Waals surface area contributed by atoms with Crippen LogP contribution in [-0.2, 0) is 16.8 Å². The van der Waals surface area contributed by atoms with E-state index in [9.17, 15) is 4.79 Å². The molecule has 0 saturated heterocycles. The second-order valence-electron chi connectivity index (χ2n) is 5.47. The molecule has 1 aromatic rings. The van der Waals surface area contributed by atoms with Gasteiger partial charge in [-0.05, 0) is 11.1 Å². The molecule has 92 valence electrons. The van der Waals surface area contributed by atoms with Crippen LogP contribution >= 0.6 is 0 Å². The van der Waals surface area contributed by atoms with Crippen molar-refractivity contribution in [2.24, 2.45) is 5.73 Å². The Hall–Kier alpha value is -1.35. The van der Waals surface area contributed by atoms with Crippen LogP contribution in [0.4, 0.5) is 0 Å². The molecule has 0 aliphatic carbocycles. The van der Waals surface area contributed by atoms with Crippen molar-refractivity contribution in [1.82, 2.24) is 4.90 Å². The zero-order valence-corrected chi connectivity index (χ0v) is 10.6. The smallest absolute Gasteiger partial charge is 0.218 e. The van der Waals surface area contributed by atoms with Crippen molar-refractivity contribution in [3.8, 4) is 0 Å². The summed E-state index contributed by atoms with van der Waals surface area (Å²) in [7, 11) is 0. The second kappa shape index (κ2) is 4.49. The lowest BCUT2D eigenvalue weighted by Gasteiger charge is -2.39. The molecule has 1 aliphatic rings. The molecule has 0 spiro atoms. The molecule has 1 aromatic carbocycles. The van der Waals surface area contributed by atoms with Gasteiger partial charge in [-0.25, -0.2) is 0 Å². The number of benzene rings is 1. The lowest BCUT2D eigenvalue weighted by molar-refractivity contribution is -0.118. The van der Waals surface area contributed by atoms with Crippen LogP contribution in [0.25, 0.3) is 0 Å². The van der Waals surface area contributed by atoms with Gasteiger partial charge >= 0.3 is 0 Å². The molecule has 0 radical (unpaired) electrons. The molecule has 0 bridgehead atoms. The molecule has 17 heavy (non-hydrogen) atoms. The van der Waals surface area contributed by atoms with Gasteiger partial charge in [0.25, 0.3) is 0 Å². The molecule has 3 heteroatoms. The van der Waals surface area contributed by atoms with E-state index in [1.165, 1.54) is 11.1 Å². The standard InChI is InChI=1S/C14H20N2O/c1-14(2)10-16(8-7-13(15)17)9-11-5-3-4-6-12(11)14/h3-6H,7-10H2,1-2H3,(H2,15,17). The SMILES string of the molecule is CC1(C)CN(CCC(N)=O)Cc2ccccc21. The minimum atomic E-state index is -0.221. The molecule has 1 aliphatic heterocycles. The number of fused-ring (bicyclic) bond motifs is 1. The van der Waals surface area contributed by atoms with Crippen molar-refractivity contribution < 1.29 is 4.79 Å². The number of nitrogens with zero attached hydrogens (tertiary/aromatic N) is 1. The summed E-state index contributed by atoms with van der Waals surface area (Å²) in [5.74, 6) is -0.221. The third-order valence-corrected chi connectivity index (χ3v) is 3.43. The minimum Gasteiger partial charge on any atom is -0.370 e. The van der Waals surface area contributed by atoms with E-state index < -0.39 is 0 Å². The van der Waals surface area contributed by atoms with E-state index in [0.29, 0.717) is 6.42 Å². The summed E-state index contributed by atoms with van der Waals surface area (Å²) in [4.78, 5) is 13.2. The van der Waals surface area contributed by atoms with Crippen LogP contribution in [0.3, 0.4) is 0 Å². The summed E-state index contributed by atoms with van der Waals surface area (Å²) >= 11 is 0. The summed E-state index contributed by atoms with van der Waals surface area (Å²) in [5, 5.41) is 0. The van der Waals surface area contributed by atoms with E-state index in [2.05, 4.69) is 43.0 Å². The van der Waals surface area contributed by atoms with E-state index in [1.54, 1.807) is 0 Å². The van der Waals surface area contributed by atoms with Gasteiger partial charge < -0.3 is 5.73 Å². The van der Waals surface area contributed by atoms with Gasteiger partial charge in [0.05, 0.1) is 0 Å². The Morgan fingerprint density at radius 1 is 1.41 bits per heavy atom. The second-order valence-corrected chi connectivity index (χ2v) is 5.47. The van der Waals surface area contributed by atoms with Gasteiger partial charge in [0, 0.05) is 31.5 Å². The first kappa shape index (κ1) is 12.1. The first-order valence-corrected chi connectivity index (χ1v) is 6.08. The lowest BCUT2D eigenvalue weighted by Crippen LogP contribution is -2.43. The van der Waals surface area contributed by atoms with Crippen LogP contribution in [0.1, 0.15) is 31.4 Å². The number of amides is 1. The maximum atomic E-state index is 10.8. The van der Waals surface area contributed by atoms with Gasteiger partial charge in [0.1, 0.15) is 0 Å². The Kier molecular flexibility index (Phi) is 3.20. The third kappa shape index (κ3) is 2.67. The monoisotopic (exact) mass is 232 g/mol. The van der Waals surface area contributed by atoms with Gasteiger partial charge in [-0.3, -0.25) is 9.69 Å². The van der Waals surface area contributed by atoms with Crippen LogP contribution in [0.5, 0.6) is 0 Å². The van der Waals surface area contributed by atoms with Gasteiger partial charge in [-0.2, -0.15) is 0 Å². The molecular weight excluding hydrogens is 212 g/mol. The van der Waals surface area contributed by atoms with E-state index >= 15 is 0 Å². The molecular formula is C14H20N2O. The topological polar surface area (TPSA) is 46.3 Å². The summed E-state index contributed by atoms with van der Waals surface area (Å²) in [6, 6.07) is 8.56. The highest BCUT2D eigenvalue weighted by atomic mass is 16.1. The molecule has 2 N–H and O–H groups in total. The zero-order chi connectivity index (χ0) is 12.5. The van der Waals surface area contributed by atoms with Crippen LogP contribution in [0.15, 0.2) is 24.3 Å². The predicted octanol–water partition coefficient (Wildman–Crippen LogP) is 1.66. The average molecular weight is 232 g/mol. The van der Waals surface area contributed by atoms with Crippen LogP contribution < -0.4 is 5.73 Å². The normalized spacial score (nSPS) is 18.7. The Balaban J connectivity index is 2.16. The number of carbonyl (C=O) groups excluding carboxylic acids is 1. The summed E-state index contributed by atoms with van der Waals surface area (Å²) in [6.07, 6.45) is 0.443. The quantitative estimate of drug-likeness (QED) is 0.861. The fourth-order valence-electron chi connectivity index (χ4n) is 2.69. The fourth-order valence-corrected chi connectivity index (χ4v) is 2.69. The van der Waals surface area contributed by atoms with Crippen LogP contribution in [-0.4, -0.2) is 23.9 Å². The number of hydrogen-bond donors (Lipinski definition) is 1. The van der Waals surface area contributed by atoms with E-state index in [0.717, 1.165) is 19.6 Å². The maximum absolute atomic E-state index is 10.8. The van der Waals surface area contributed by atoms with E-state index in [-0.39, 0.29) is 11.3 Å². The van der Waals surface area contributed by atoms with E-state index in [4.69, 9.17) is 5.73 Å². The first-order valence-electron chi connectivity index (χ1n) is 6.08. The minimum absolute atomic E-state index is 0.145. The Morgan fingerprint density at radius 2 is 2.12 bits per heavy atom. The first-order chi connectivity index (χ1) is 7.99. The van der Waals surface area contributed by atoms with Crippen molar-refractivity contribution in [2.75, 3.05) is 13.1 Å². The maximum Gasteiger partial charge on any atom is 0.218 e. The predicted molar refractivity (Wildman–Crippen MR) is 68.6 cm³/mol. The number of primary amides is 1. The Labute approximate surface area is 103 Å². The van der Waals surface area contributed by atoms with Gasteiger partial charge in [0.15, 0.2) is 0 Å². The number of carbonyl (C=O) groups is 1. The Morgan fingerprint density at radius 3 is 2.82 bits per heavy atom. The van der Waals surface area contributed by atoms with Crippen LogP contribution in [0.2, 0.25) is 0 Å². The molecule has 1 amide bonds. The van der Waals surface area contributed by atoms with Crippen molar-refractivity contribution in [3.63, 3.8) is 0 Å². The van der Waals surface area contributed by atoms with Gasteiger partial charge in [-0.15, -0.1) is 0 Å². The molecule has 0 atom stereocenters. The van der Waals surface area contributed by atoms with Crippen molar-refractivity contribution in [1.29, 1.82) is 0 Å². The molecule has 1 heterocycles. The summed E-state index contributed by atoms with van der Waals surface area (Å²) < 4.78 is 0. The fraction of sp³-hybridized carbons (Fsp3) is 0.500. The van der Waals surface area contributed by atoms with Crippen molar-refractivity contribution in [3.05, 3.63) is 35.4 Å². The number of hydrogen-bond acceptors (Lipinski definition) is 2. The van der Waals surface area contributed by atoms with Gasteiger partial charge in [0.2, 0.25) is 5.91 Å². The molecule has 3 nitrogen and oxygen atoms in total. The number of nitrogens with two attached hydrogens (primary N) is 1. The van der Waals surface area contributed by atoms with Crippen molar-refractivity contribution >= 4 is 5.91 Å². The third-order valence-electron chi connectivity index (χ3n) is 3.43. The molecule has 0 unspecified atom stereocenters. The molecule has 2 rings (SSSR count). The molecule has 0 fully saturated rings. The highest BCUT2D eigenvalue weighted by molar-refractivity contribution is 5.73. The summed E-state index contributed by atoms with van der Waals surface area (Å²) in [5.41, 5.74) is 8.15.